The average molecular weight is 282 g/mol. The van der Waals surface area contributed by atoms with E-state index in [2.05, 4.69) is 5.32 Å². The molecule has 0 bridgehead atoms. The van der Waals surface area contributed by atoms with Crippen molar-refractivity contribution in [2.45, 2.75) is 26.4 Å². The Morgan fingerprint density at radius 2 is 2.00 bits per heavy atom. The standard InChI is InChI=1S/C14H16ClNO3/c1-3-4-5-13(17)19-10(2)14(18)16-12-8-6-11(15)7-9-12/h4-10H,3H2,1-2H3,(H,16,18)/b5-4+/t10-/m1/s1. The Labute approximate surface area is 117 Å². The average Bonchev–Trinajstić information content (AvgIpc) is 2.39. The second-order valence-electron chi connectivity index (χ2n) is 3.89. The maximum absolute atomic E-state index is 11.8. The van der Waals surface area contributed by atoms with E-state index in [4.69, 9.17) is 16.3 Å². The molecule has 1 rings (SSSR count). The van der Waals surface area contributed by atoms with Gasteiger partial charge in [0.15, 0.2) is 6.10 Å². The van der Waals surface area contributed by atoms with Gasteiger partial charge in [-0.2, -0.15) is 0 Å². The number of anilines is 1. The van der Waals surface area contributed by atoms with Gasteiger partial charge in [-0.15, -0.1) is 0 Å². The van der Waals surface area contributed by atoms with E-state index in [1.807, 2.05) is 6.92 Å². The van der Waals surface area contributed by atoms with E-state index in [0.717, 1.165) is 6.42 Å². The van der Waals surface area contributed by atoms with Crippen LogP contribution in [-0.2, 0) is 14.3 Å². The van der Waals surface area contributed by atoms with Crippen LogP contribution in [0.4, 0.5) is 5.69 Å². The van der Waals surface area contributed by atoms with Gasteiger partial charge in [-0.1, -0.05) is 24.6 Å². The Hall–Kier alpha value is -1.81. The number of hydrogen-bond acceptors (Lipinski definition) is 3. The lowest BCUT2D eigenvalue weighted by Gasteiger charge is -2.12. The molecule has 1 N–H and O–H groups in total. The number of carbonyl (C=O) groups excluding carboxylic acids is 2. The topological polar surface area (TPSA) is 55.4 Å². The number of amides is 1. The quantitative estimate of drug-likeness (QED) is 0.666. The fraction of sp³-hybridized carbons (Fsp3) is 0.286. The van der Waals surface area contributed by atoms with Crippen LogP contribution in [0, 0.1) is 0 Å². The molecule has 1 aromatic carbocycles. The van der Waals surface area contributed by atoms with Crippen LogP contribution >= 0.6 is 11.6 Å². The molecule has 4 nitrogen and oxygen atoms in total. The monoisotopic (exact) mass is 281 g/mol. The van der Waals surface area contributed by atoms with Crippen LogP contribution in [0.15, 0.2) is 36.4 Å². The Morgan fingerprint density at radius 1 is 1.37 bits per heavy atom. The summed E-state index contributed by atoms with van der Waals surface area (Å²) in [5, 5.41) is 3.22. The Kier molecular flexibility index (Phi) is 6.09. The van der Waals surface area contributed by atoms with Crippen LogP contribution < -0.4 is 5.32 Å². The van der Waals surface area contributed by atoms with E-state index >= 15 is 0 Å². The van der Waals surface area contributed by atoms with Gasteiger partial charge in [-0.05, 0) is 37.6 Å². The third-order valence-electron chi connectivity index (χ3n) is 2.26. The minimum absolute atomic E-state index is 0.388. The van der Waals surface area contributed by atoms with Crippen molar-refractivity contribution in [3.8, 4) is 0 Å². The van der Waals surface area contributed by atoms with Gasteiger partial charge in [0.2, 0.25) is 0 Å². The maximum Gasteiger partial charge on any atom is 0.331 e. The molecule has 1 amide bonds. The molecule has 102 valence electrons. The largest absolute Gasteiger partial charge is 0.449 e. The van der Waals surface area contributed by atoms with Gasteiger partial charge in [-0.25, -0.2) is 4.79 Å². The molecule has 0 heterocycles. The zero-order valence-electron chi connectivity index (χ0n) is 10.9. The number of hydrogen-bond donors (Lipinski definition) is 1. The van der Waals surface area contributed by atoms with Crippen molar-refractivity contribution in [3.05, 3.63) is 41.4 Å². The molecule has 0 spiro atoms. The summed E-state index contributed by atoms with van der Waals surface area (Å²) in [6.45, 7) is 3.42. The first-order chi connectivity index (χ1) is 9.02. The Bertz CT molecular complexity index is 468. The highest BCUT2D eigenvalue weighted by Crippen LogP contribution is 2.13. The number of ether oxygens (including phenoxy) is 1. The van der Waals surface area contributed by atoms with Gasteiger partial charge in [0.1, 0.15) is 0 Å². The van der Waals surface area contributed by atoms with Crippen molar-refractivity contribution in [3.63, 3.8) is 0 Å². The smallest absolute Gasteiger partial charge is 0.331 e. The minimum Gasteiger partial charge on any atom is -0.449 e. The summed E-state index contributed by atoms with van der Waals surface area (Å²) in [6, 6.07) is 6.67. The highest BCUT2D eigenvalue weighted by Gasteiger charge is 2.16. The Morgan fingerprint density at radius 3 is 2.58 bits per heavy atom. The van der Waals surface area contributed by atoms with Crippen molar-refractivity contribution >= 4 is 29.2 Å². The molecule has 1 atom stereocenters. The lowest BCUT2D eigenvalue weighted by molar-refractivity contribution is -0.148. The molecule has 0 fully saturated rings. The zero-order valence-corrected chi connectivity index (χ0v) is 11.6. The lowest BCUT2D eigenvalue weighted by Crippen LogP contribution is -2.29. The summed E-state index contributed by atoms with van der Waals surface area (Å²) in [5.74, 6) is -0.916. The fourth-order valence-electron chi connectivity index (χ4n) is 1.26. The minimum atomic E-state index is -0.857. The molecule has 0 aliphatic rings. The highest BCUT2D eigenvalue weighted by atomic mass is 35.5. The van der Waals surface area contributed by atoms with E-state index in [9.17, 15) is 9.59 Å². The summed E-state index contributed by atoms with van der Waals surface area (Å²) in [4.78, 5) is 23.1. The number of esters is 1. The zero-order chi connectivity index (χ0) is 14.3. The van der Waals surface area contributed by atoms with E-state index in [-0.39, 0.29) is 5.91 Å². The number of rotatable bonds is 5. The van der Waals surface area contributed by atoms with E-state index in [1.165, 1.54) is 13.0 Å². The first-order valence-corrected chi connectivity index (χ1v) is 6.34. The molecular formula is C14H16ClNO3. The molecule has 0 aliphatic carbocycles. The number of allylic oxidation sites excluding steroid dienone is 1. The third-order valence-corrected chi connectivity index (χ3v) is 2.52. The molecule has 0 aliphatic heterocycles. The second-order valence-corrected chi connectivity index (χ2v) is 4.32. The number of benzene rings is 1. The highest BCUT2D eigenvalue weighted by molar-refractivity contribution is 6.30. The van der Waals surface area contributed by atoms with E-state index in [1.54, 1.807) is 30.3 Å². The summed E-state index contributed by atoms with van der Waals surface area (Å²) in [5.41, 5.74) is 0.599. The molecule has 0 saturated heterocycles. The van der Waals surface area contributed by atoms with Crippen LogP contribution in [0.3, 0.4) is 0 Å². The van der Waals surface area contributed by atoms with Gasteiger partial charge < -0.3 is 10.1 Å². The maximum atomic E-state index is 11.8. The van der Waals surface area contributed by atoms with Crippen molar-refractivity contribution in [2.75, 3.05) is 5.32 Å². The van der Waals surface area contributed by atoms with Crippen molar-refractivity contribution in [2.24, 2.45) is 0 Å². The summed E-state index contributed by atoms with van der Waals surface area (Å²) in [6.07, 6.45) is 2.86. The van der Waals surface area contributed by atoms with Gasteiger partial charge in [0.25, 0.3) is 5.91 Å². The first-order valence-electron chi connectivity index (χ1n) is 5.96. The summed E-state index contributed by atoms with van der Waals surface area (Å²) < 4.78 is 4.95. The SMILES string of the molecule is CC/C=C/C(=O)O[C@H](C)C(=O)Nc1ccc(Cl)cc1. The molecule has 0 saturated carbocycles. The molecule has 1 aromatic rings. The predicted octanol–water partition coefficient (Wildman–Crippen LogP) is 3.18. The fourth-order valence-corrected chi connectivity index (χ4v) is 1.38. The van der Waals surface area contributed by atoms with Crippen molar-refractivity contribution in [1.29, 1.82) is 0 Å². The third kappa shape index (κ3) is 5.57. The van der Waals surface area contributed by atoms with Gasteiger partial charge in [0.05, 0.1) is 0 Å². The van der Waals surface area contributed by atoms with Crippen molar-refractivity contribution < 1.29 is 14.3 Å². The second kappa shape index (κ2) is 7.59. The van der Waals surface area contributed by atoms with Crippen LogP contribution in [0.5, 0.6) is 0 Å². The molecule has 19 heavy (non-hydrogen) atoms. The number of halogens is 1. The molecule has 5 heteroatoms. The summed E-state index contributed by atoms with van der Waals surface area (Å²) >= 11 is 5.74. The van der Waals surface area contributed by atoms with Gasteiger partial charge in [0, 0.05) is 16.8 Å². The first kappa shape index (κ1) is 15.2. The van der Waals surface area contributed by atoms with Crippen LogP contribution in [0.2, 0.25) is 5.02 Å². The van der Waals surface area contributed by atoms with Gasteiger partial charge in [-0.3, -0.25) is 4.79 Å². The molecule has 0 radical (unpaired) electrons. The normalized spacial score (nSPS) is 12.2. The van der Waals surface area contributed by atoms with Crippen molar-refractivity contribution in [1.82, 2.24) is 0 Å². The van der Waals surface area contributed by atoms with Crippen LogP contribution in [0.1, 0.15) is 20.3 Å². The van der Waals surface area contributed by atoms with E-state index < -0.39 is 12.1 Å². The Balaban J connectivity index is 2.51. The predicted molar refractivity (Wildman–Crippen MR) is 75.1 cm³/mol. The lowest BCUT2D eigenvalue weighted by atomic mass is 10.3. The molecular weight excluding hydrogens is 266 g/mol. The van der Waals surface area contributed by atoms with Crippen LogP contribution in [-0.4, -0.2) is 18.0 Å². The molecule has 0 aromatic heterocycles. The number of nitrogens with one attached hydrogen (secondary N) is 1. The summed E-state index contributed by atoms with van der Waals surface area (Å²) in [7, 11) is 0. The number of carbonyl (C=O) groups is 2. The van der Waals surface area contributed by atoms with Crippen LogP contribution in [0.25, 0.3) is 0 Å². The van der Waals surface area contributed by atoms with Gasteiger partial charge >= 0.3 is 5.97 Å². The van der Waals surface area contributed by atoms with E-state index in [0.29, 0.717) is 10.7 Å². The molecule has 0 unspecified atom stereocenters.